The standard InChI is InChI=1S/C20H27N3O5/c1-2-27-20(26)17-16(23-17)19(25)22-15(11-13-7-4-3-5-8-13)18(24)21-12-14-9-6-10-28-14/h3-5,7-8,14-17,23H,2,6,9-12H2,1H3,(H,21,24)(H,22,25)/t14?,15-,16-,17-/m0/s1. The summed E-state index contributed by atoms with van der Waals surface area (Å²) < 4.78 is 10.4. The van der Waals surface area contributed by atoms with Crippen molar-refractivity contribution < 1.29 is 23.9 Å². The minimum Gasteiger partial charge on any atom is -0.465 e. The first kappa shape index (κ1) is 20.3. The fraction of sp³-hybridized carbons (Fsp3) is 0.550. The van der Waals surface area contributed by atoms with Gasteiger partial charge in [0.2, 0.25) is 11.8 Å². The lowest BCUT2D eigenvalue weighted by atomic mass is 10.0. The maximum atomic E-state index is 12.7. The van der Waals surface area contributed by atoms with Crippen molar-refractivity contribution in [3.05, 3.63) is 35.9 Å². The van der Waals surface area contributed by atoms with E-state index in [-0.39, 0.29) is 24.5 Å². The number of carbonyl (C=O) groups excluding carboxylic acids is 3. The lowest BCUT2D eigenvalue weighted by molar-refractivity contribution is -0.143. The molecule has 0 saturated carbocycles. The second-order valence-corrected chi connectivity index (χ2v) is 7.01. The average Bonchev–Trinajstić information content (AvgIpc) is 3.34. The molecule has 0 radical (unpaired) electrons. The van der Waals surface area contributed by atoms with Crippen molar-refractivity contribution in [2.75, 3.05) is 19.8 Å². The summed E-state index contributed by atoms with van der Waals surface area (Å²) in [4.78, 5) is 36.9. The highest BCUT2D eigenvalue weighted by molar-refractivity contribution is 5.97. The molecule has 1 aromatic carbocycles. The van der Waals surface area contributed by atoms with Gasteiger partial charge in [0.05, 0.1) is 12.7 Å². The second kappa shape index (κ2) is 9.66. The van der Waals surface area contributed by atoms with Crippen LogP contribution in [0.25, 0.3) is 0 Å². The SMILES string of the molecule is CCOC(=O)[C@H]1N[C@@H]1C(=O)N[C@@H](Cc1ccccc1)C(=O)NCC1CCCO1. The summed E-state index contributed by atoms with van der Waals surface area (Å²) in [6, 6.07) is 7.44. The van der Waals surface area contributed by atoms with E-state index in [0.29, 0.717) is 19.6 Å². The molecule has 152 valence electrons. The largest absolute Gasteiger partial charge is 0.465 e. The van der Waals surface area contributed by atoms with E-state index in [1.807, 2.05) is 30.3 Å². The van der Waals surface area contributed by atoms with Gasteiger partial charge in [0.25, 0.3) is 0 Å². The first-order valence-electron chi connectivity index (χ1n) is 9.74. The zero-order valence-corrected chi connectivity index (χ0v) is 16.0. The van der Waals surface area contributed by atoms with Crippen LogP contribution in [0.4, 0.5) is 0 Å². The third-order valence-corrected chi connectivity index (χ3v) is 4.85. The average molecular weight is 389 g/mol. The quantitative estimate of drug-likeness (QED) is 0.402. The molecule has 4 atom stereocenters. The Hall–Kier alpha value is -2.45. The highest BCUT2D eigenvalue weighted by Gasteiger charge is 2.49. The molecule has 28 heavy (non-hydrogen) atoms. The summed E-state index contributed by atoms with van der Waals surface area (Å²) in [5.74, 6) is -1.10. The number of ether oxygens (including phenoxy) is 2. The van der Waals surface area contributed by atoms with Crippen LogP contribution >= 0.6 is 0 Å². The number of esters is 1. The van der Waals surface area contributed by atoms with Gasteiger partial charge in [0.15, 0.2) is 0 Å². The Labute approximate surface area is 164 Å². The number of hydrogen-bond donors (Lipinski definition) is 3. The van der Waals surface area contributed by atoms with E-state index in [1.165, 1.54) is 0 Å². The van der Waals surface area contributed by atoms with Crippen molar-refractivity contribution in [2.24, 2.45) is 0 Å². The molecular formula is C20H27N3O5. The van der Waals surface area contributed by atoms with E-state index in [2.05, 4.69) is 16.0 Å². The van der Waals surface area contributed by atoms with Gasteiger partial charge >= 0.3 is 5.97 Å². The summed E-state index contributed by atoms with van der Waals surface area (Å²) in [6.07, 6.45) is 2.30. The van der Waals surface area contributed by atoms with Gasteiger partial charge in [-0.3, -0.25) is 19.7 Å². The van der Waals surface area contributed by atoms with E-state index in [4.69, 9.17) is 9.47 Å². The van der Waals surface area contributed by atoms with Crippen LogP contribution in [-0.2, 0) is 30.3 Å². The molecule has 2 heterocycles. The molecule has 1 aromatic rings. The van der Waals surface area contributed by atoms with Crippen molar-refractivity contribution in [1.29, 1.82) is 0 Å². The fourth-order valence-electron chi connectivity index (χ4n) is 3.26. The Balaban J connectivity index is 1.58. The minimum atomic E-state index is -0.735. The summed E-state index contributed by atoms with van der Waals surface area (Å²) in [5, 5.41) is 8.44. The Bertz CT molecular complexity index is 690. The van der Waals surface area contributed by atoms with Gasteiger partial charge in [-0.1, -0.05) is 30.3 Å². The van der Waals surface area contributed by atoms with E-state index >= 15 is 0 Å². The predicted octanol–water partition coefficient (Wildman–Crippen LogP) is -0.0874. The molecule has 8 heteroatoms. The van der Waals surface area contributed by atoms with E-state index in [9.17, 15) is 14.4 Å². The molecule has 0 spiro atoms. The Morgan fingerprint density at radius 3 is 2.71 bits per heavy atom. The summed E-state index contributed by atoms with van der Waals surface area (Å²) in [7, 11) is 0. The van der Waals surface area contributed by atoms with Crippen molar-refractivity contribution in [3.63, 3.8) is 0 Å². The van der Waals surface area contributed by atoms with Gasteiger partial charge in [-0.15, -0.1) is 0 Å². The molecule has 0 aromatic heterocycles. The van der Waals surface area contributed by atoms with Crippen LogP contribution in [0.1, 0.15) is 25.3 Å². The molecule has 3 N–H and O–H groups in total. The molecule has 0 bridgehead atoms. The summed E-state index contributed by atoms with van der Waals surface area (Å²) in [5.41, 5.74) is 0.936. The first-order chi connectivity index (χ1) is 13.6. The fourth-order valence-corrected chi connectivity index (χ4v) is 3.26. The topological polar surface area (TPSA) is 116 Å². The monoisotopic (exact) mass is 389 g/mol. The zero-order chi connectivity index (χ0) is 19.9. The van der Waals surface area contributed by atoms with Gasteiger partial charge in [0, 0.05) is 19.6 Å². The zero-order valence-electron chi connectivity index (χ0n) is 16.0. The minimum absolute atomic E-state index is 0.0234. The van der Waals surface area contributed by atoms with Gasteiger partial charge in [-0.25, -0.2) is 0 Å². The number of rotatable bonds is 9. The predicted molar refractivity (Wildman–Crippen MR) is 101 cm³/mol. The Morgan fingerprint density at radius 2 is 2.04 bits per heavy atom. The van der Waals surface area contributed by atoms with Crippen molar-refractivity contribution in [1.82, 2.24) is 16.0 Å². The normalized spacial score (nSPS) is 24.2. The maximum Gasteiger partial charge on any atom is 0.325 e. The molecule has 2 fully saturated rings. The van der Waals surface area contributed by atoms with Crippen LogP contribution in [0.5, 0.6) is 0 Å². The Morgan fingerprint density at radius 1 is 1.25 bits per heavy atom. The number of nitrogens with one attached hydrogen (secondary N) is 3. The smallest absolute Gasteiger partial charge is 0.325 e. The highest BCUT2D eigenvalue weighted by Crippen LogP contribution is 2.14. The summed E-state index contributed by atoms with van der Waals surface area (Å²) in [6.45, 7) is 3.11. The van der Waals surface area contributed by atoms with Crippen LogP contribution in [0.2, 0.25) is 0 Å². The van der Waals surface area contributed by atoms with E-state index in [1.54, 1.807) is 6.92 Å². The molecule has 2 saturated heterocycles. The molecular weight excluding hydrogens is 362 g/mol. The second-order valence-electron chi connectivity index (χ2n) is 7.01. The molecule has 0 aliphatic carbocycles. The highest BCUT2D eigenvalue weighted by atomic mass is 16.5. The molecule has 2 aliphatic heterocycles. The maximum absolute atomic E-state index is 12.7. The molecule has 2 aliphatic rings. The Kier molecular flexibility index (Phi) is 7.00. The molecule has 8 nitrogen and oxygen atoms in total. The molecule has 1 unspecified atom stereocenters. The van der Waals surface area contributed by atoms with Crippen LogP contribution in [0, 0.1) is 0 Å². The van der Waals surface area contributed by atoms with Crippen LogP contribution in [-0.4, -0.2) is 61.8 Å². The number of hydrogen-bond acceptors (Lipinski definition) is 6. The van der Waals surface area contributed by atoms with Crippen molar-refractivity contribution in [2.45, 2.75) is 50.4 Å². The van der Waals surface area contributed by atoms with Crippen molar-refractivity contribution in [3.8, 4) is 0 Å². The van der Waals surface area contributed by atoms with Crippen molar-refractivity contribution >= 4 is 17.8 Å². The van der Waals surface area contributed by atoms with E-state index in [0.717, 1.165) is 18.4 Å². The lowest BCUT2D eigenvalue weighted by Crippen LogP contribution is -2.51. The first-order valence-corrected chi connectivity index (χ1v) is 9.74. The van der Waals surface area contributed by atoms with Crippen LogP contribution in [0.3, 0.4) is 0 Å². The molecule has 2 amide bonds. The van der Waals surface area contributed by atoms with Gasteiger partial charge < -0.3 is 20.1 Å². The lowest BCUT2D eigenvalue weighted by Gasteiger charge is -2.20. The van der Waals surface area contributed by atoms with Crippen LogP contribution < -0.4 is 16.0 Å². The third-order valence-electron chi connectivity index (χ3n) is 4.85. The number of amides is 2. The van der Waals surface area contributed by atoms with Gasteiger partial charge in [0.1, 0.15) is 18.1 Å². The van der Waals surface area contributed by atoms with Crippen LogP contribution in [0.15, 0.2) is 30.3 Å². The van der Waals surface area contributed by atoms with Gasteiger partial charge in [-0.2, -0.15) is 0 Å². The summed E-state index contributed by atoms with van der Waals surface area (Å²) >= 11 is 0. The third kappa shape index (κ3) is 5.53. The number of carbonyl (C=O) groups is 3. The number of benzene rings is 1. The van der Waals surface area contributed by atoms with Gasteiger partial charge in [-0.05, 0) is 25.3 Å². The molecule has 3 rings (SSSR count). The van der Waals surface area contributed by atoms with E-state index < -0.39 is 24.1 Å².